The molecule has 1 amide bonds. The maximum atomic E-state index is 12.1. The van der Waals surface area contributed by atoms with Crippen molar-refractivity contribution in [2.45, 2.75) is 51.7 Å². The second-order valence-corrected chi connectivity index (χ2v) is 10.7. The molecule has 0 atom stereocenters. The Bertz CT molecular complexity index is 644. The second kappa shape index (κ2) is 24.4. The Labute approximate surface area is 237 Å². The number of carbonyl (C=O) groups is 3. The zero-order chi connectivity index (χ0) is 28.6. The molecule has 1 fully saturated rings. The van der Waals surface area contributed by atoms with Gasteiger partial charge in [-0.05, 0) is 18.6 Å². The van der Waals surface area contributed by atoms with Gasteiger partial charge in [-0.3, -0.25) is 9.59 Å². The largest absolute Gasteiger partial charge is 0.463 e. The van der Waals surface area contributed by atoms with Crippen molar-refractivity contribution in [3.05, 3.63) is 0 Å². The molecule has 0 spiro atoms. The van der Waals surface area contributed by atoms with Crippen LogP contribution in [-0.4, -0.2) is 126 Å². The van der Waals surface area contributed by atoms with Crippen molar-refractivity contribution in [3.63, 3.8) is 0 Å². The van der Waals surface area contributed by atoms with Crippen LogP contribution in [0.25, 0.3) is 0 Å². The molecule has 0 saturated carbocycles. The van der Waals surface area contributed by atoms with Crippen molar-refractivity contribution in [2.75, 3.05) is 98.1 Å². The van der Waals surface area contributed by atoms with Gasteiger partial charge in [0, 0.05) is 30.7 Å². The van der Waals surface area contributed by atoms with E-state index in [1.54, 1.807) is 4.90 Å². The molecule has 0 aliphatic carbocycles. The first-order valence-corrected chi connectivity index (χ1v) is 15.1. The van der Waals surface area contributed by atoms with Gasteiger partial charge in [0.1, 0.15) is 19.0 Å². The van der Waals surface area contributed by atoms with E-state index in [1.807, 2.05) is 25.6 Å². The molecule has 0 unspecified atom stereocenters. The Morgan fingerprint density at radius 3 is 1.56 bits per heavy atom. The van der Waals surface area contributed by atoms with Crippen LogP contribution in [0.5, 0.6) is 0 Å². The molecule has 0 N–H and O–H groups in total. The fourth-order valence-electron chi connectivity index (χ4n) is 3.50. The molecule has 0 bridgehead atoms. The zero-order valence-corrected chi connectivity index (χ0v) is 24.8. The third kappa shape index (κ3) is 20.1. The smallest absolute Gasteiger partial charge is 0.409 e. The Balaban J connectivity index is 1.75. The summed E-state index contributed by atoms with van der Waals surface area (Å²) in [5.41, 5.74) is 0. The van der Waals surface area contributed by atoms with Crippen molar-refractivity contribution >= 4 is 29.6 Å². The number of thioether (sulfide) groups is 1. The van der Waals surface area contributed by atoms with Crippen molar-refractivity contribution < 1.29 is 47.5 Å². The van der Waals surface area contributed by atoms with Gasteiger partial charge in [0.15, 0.2) is 0 Å². The van der Waals surface area contributed by atoms with Gasteiger partial charge >= 0.3 is 12.1 Å². The molecule has 1 aliphatic heterocycles. The molecule has 228 valence electrons. The van der Waals surface area contributed by atoms with Crippen molar-refractivity contribution in [3.8, 4) is 0 Å². The van der Waals surface area contributed by atoms with Gasteiger partial charge in [0.05, 0.1) is 72.5 Å². The third-order valence-electron chi connectivity index (χ3n) is 5.75. The highest BCUT2D eigenvalue weighted by Gasteiger charge is 2.23. The minimum atomic E-state index is -0.386. The molecule has 1 heterocycles. The van der Waals surface area contributed by atoms with Crippen molar-refractivity contribution in [2.24, 2.45) is 5.92 Å². The number of esters is 1. The number of piperidine rings is 1. The summed E-state index contributed by atoms with van der Waals surface area (Å²) in [4.78, 5) is 36.9. The predicted molar refractivity (Wildman–Crippen MR) is 148 cm³/mol. The molecule has 1 saturated heterocycles. The van der Waals surface area contributed by atoms with E-state index in [0.717, 1.165) is 31.7 Å². The fourth-order valence-corrected chi connectivity index (χ4v) is 4.52. The summed E-state index contributed by atoms with van der Waals surface area (Å²) in [6.07, 6.45) is 2.12. The lowest BCUT2D eigenvalue weighted by Gasteiger charge is -2.30. The standard InChI is InChI=1S/C27H49NO10S/c1-4-39-24-7-9-28(10-8-24)27(31)38-22-20-36-18-16-34-14-12-32-11-13-33-15-17-35-19-21-37-26(30)6-5-25(29)23(2)3/h23-24H,4-22H2,1-3H3. The monoisotopic (exact) mass is 579 g/mol. The van der Waals surface area contributed by atoms with Crippen LogP contribution in [0.3, 0.4) is 0 Å². The molecule has 39 heavy (non-hydrogen) atoms. The van der Waals surface area contributed by atoms with E-state index in [9.17, 15) is 14.4 Å². The number of amides is 1. The normalized spacial score (nSPS) is 14.1. The predicted octanol–water partition coefficient (Wildman–Crippen LogP) is 2.97. The summed E-state index contributed by atoms with van der Waals surface area (Å²) in [7, 11) is 0. The molecular weight excluding hydrogens is 530 g/mol. The number of likely N-dealkylation sites (tertiary alicyclic amines) is 1. The van der Waals surface area contributed by atoms with Crippen LogP contribution in [0.2, 0.25) is 0 Å². The van der Waals surface area contributed by atoms with E-state index in [1.165, 1.54) is 0 Å². The van der Waals surface area contributed by atoms with E-state index in [0.29, 0.717) is 64.7 Å². The summed E-state index contributed by atoms with van der Waals surface area (Å²) in [5.74, 6) is 0.722. The topological polar surface area (TPSA) is 119 Å². The lowest BCUT2D eigenvalue weighted by molar-refractivity contribution is -0.146. The lowest BCUT2D eigenvalue weighted by Crippen LogP contribution is -2.40. The maximum absolute atomic E-state index is 12.1. The Morgan fingerprint density at radius 2 is 1.13 bits per heavy atom. The van der Waals surface area contributed by atoms with Gasteiger partial charge in [-0.15, -0.1) is 0 Å². The number of ether oxygens (including phenoxy) is 7. The van der Waals surface area contributed by atoms with Gasteiger partial charge in [-0.2, -0.15) is 11.8 Å². The quantitative estimate of drug-likeness (QED) is 0.124. The fraction of sp³-hybridized carbons (Fsp3) is 0.889. The molecule has 0 aromatic rings. The number of Topliss-reactive ketones (excluding diaryl/α,β-unsaturated/α-hetero) is 1. The van der Waals surface area contributed by atoms with Crippen LogP contribution >= 0.6 is 11.8 Å². The van der Waals surface area contributed by atoms with Crippen molar-refractivity contribution in [1.29, 1.82) is 0 Å². The van der Waals surface area contributed by atoms with Crippen LogP contribution in [-0.2, 0) is 42.7 Å². The molecule has 12 heteroatoms. The Morgan fingerprint density at radius 1 is 0.692 bits per heavy atom. The molecule has 1 aliphatic rings. The van der Waals surface area contributed by atoms with Crippen molar-refractivity contribution in [1.82, 2.24) is 4.90 Å². The zero-order valence-electron chi connectivity index (χ0n) is 24.0. The first-order chi connectivity index (χ1) is 18.9. The first kappa shape index (κ1) is 35.6. The summed E-state index contributed by atoms with van der Waals surface area (Å²) >= 11 is 1.96. The number of hydrogen-bond acceptors (Lipinski definition) is 11. The molecule has 0 radical (unpaired) electrons. The van der Waals surface area contributed by atoms with Gasteiger partial charge in [-0.25, -0.2) is 4.79 Å². The van der Waals surface area contributed by atoms with E-state index in [2.05, 4.69) is 6.92 Å². The van der Waals surface area contributed by atoms with E-state index < -0.39 is 0 Å². The van der Waals surface area contributed by atoms with Gasteiger partial charge in [0.2, 0.25) is 0 Å². The third-order valence-corrected chi connectivity index (χ3v) is 7.03. The number of rotatable bonds is 24. The Hall–Kier alpha value is -1.44. The lowest BCUT2D eigenvalue weighted by atomic mass is 10.1. The minimum Gasteiger partial charge on any atom is -0.463 e. The highest BCUT2D eigenvalue weighted by atomic mass is 32.2. The van der Waals surface area contributed by atoms with E-state index in [-0.39, 0.29) is 56.4 Å². The van der Waals surface area contributed by atoms with Crippen LogP contribution in [0.1, 0.15) is 46.5 Å². The number of carbonyl (C=O) groups excluding carboxylic acids is 3. The average molecular weight is 580 g/mol. The van der Waals surface area contributed by atoms with Crippen LogP contribution in [0.15, 0.2) is 0 Å². The molecular formula is C27H49NO10S. The van der Waals surface area contributed by atoms with Crippen LogP contribution in [0, 0.1) is 5.92 Å². The highest BCUT2D eigenvalue weighted by molar-refractivity contribution is 7.99. The average Bonchev–Trinajstić information content (AvgIpc) is 2.93. The first-order valence-electron chi connectivity index (χ1n) is 14.0. The van der Waals surface area contributed by atoms with E-state index in [4.69, 9.17) is 33.2 Å². The molecule has 0 aromatic carbocycles. The molecule has 11 nitrogen and oxygen atoms in total. The maximum Gasteiger partial charge on any atom is 0.409 e. The van der Waals surface area contributed by atoms with Gasteiger partial charge in [0.25, 0.3) is 0 Å². The second-order valence-electron chi connectivity index (χ2n) is 9.16. The number of nitrogens with zero attached hydrogens (tertiary/aromatic N) is 1. The highest BCUT2D eigenvalue weighted by Crippen LogP contribution is 2.23. The SMILES string of the molecule is CCSC1CCN(C(=O)OCCOCCOCCOCCOCCOCCOC(=O)CCC(=O)C(C)C)CC1. The summed E-state index contributed by atoms with van der Waals surface area (Å²) in [5, 5.41) is 0.657. The van der Waals surface area contributed by atoms with E-state index >= 15 is 0 Å². The molecule has 0 aromatic heterocycles. The van der Waals surface area contributed by atoms with Crippen LogP contribution in [0.4, 0.5) is 4.79 Å². The Kier molecular flexibility index (Phi) is 22.2. The number of ketones is 1. The van der Waals surface area contributed by atoms with Gasteiger partial charge in [-0.1, -0.05) is 20.8 Å². The minimum absolute atomic E-state index is 0.0575. The van der Waals surface area contributed by atoms with Crippen LogP contribution < -0.4 is 0 Å². The molecule has 1 rings (SSSR count). The summed E-state index contributed by atoms with van der Waals surface area (Å²) < 4.78 is 37.3. The summed E-state index contributed by atoms with van der Waals surface area (Å²) in [6, 6.07) is 0. The summed E-state index contributed by atoms with van der Waals surface area (Å²) in [6.45, 7) is 11.8. The number of hydrogen-bond donors (Lipinski definition) is 0. The van der Waals surface area contributed by atoms with Gasteiger partial charge < -0.3 is 38.1 Å².